The molecule has 0 unspecified atom stereocenters. The van der Waals surface area contributed by atoms with Gasteiger partial charge in [0.05, 0.1) is 56.3 Å². The highest BCUT2D eigenvalue weighted by Crippen LogP contribution is 2.29. The van der Waals surface area contributed by atoms with Gasteiger partial charge in [-0.3, -0.25) is 0 Å². The van der Waals surface area contributed by atoms with Crippen molar-refractivity contribution in [1.82, 2.24) is 0 Å². The third kappa shape index (κ3) is 18.7. The third-order valence-corrected chi connectivity index (χ3v) is 5.88. The monoisotopic (exact) mass is 732 g/mol. The van der Waals surface area contributed by atoms with Gasteiger partial charge >= 0.3 is 17.9 Å². The lowest BCUT2D eigenvalue weighted by atomic mass is 10.2. The first-order valence-corrected chi connectivity index (χ1v) is 17.4. The van der Waals surface area contributed by atoms with Gasteiger partial charge in [-0.1, -0.05) is 34.1 Å². The summed E-state index contributed by atoms with van der Waals surface area (Å²) in [6.45, 7) is 16.4. The summed E-state index contributed by atoms with van der Waals surface area (Å²) in [6, 6.07) is 13.3. The van der Waals surface area contributed by atoms with Gasteiger partial charge in [0.25, 0.3) is 0 Å². The highest BCUT2D eigenvalue weighted by Gasteiger charge is 2.13. The number of phenols is 3. The van der Waals surface area contributed by atoms with Crippen molar-refractivity contribution in [2.75, 3.05) is 53.4 Å². The maximum absolute atomic E-state index is 11.7. The molecule has 0 amide bonds. The number of hydrogen-bond donors (Lipinski definition) is 3. The fourth-order valence-electron chi connectivity index (χ4n) is 3.59. The zero-order valence-corrected chi connectivity index (χ0v) is 31.7. The van der Waals surface area contributed by atoms with E-state index in [0.29, 0.717) is 68.0 Å². The standard InChI is InChI=1S/C15H22O5.C12H16O4.C9H10O4.C3H8/c1-4-8-19-13-7-6-12(15(16)18-5-2)11-14(13)20-10-9-17-3;1-3-7-16-11-6-5-9(8-10(11)13)12(14)15-4-2;1-2-13-9(12)6-3-4-7(10)8(11)5-6;1-3-2/h6-7,11H,4-5,8-10H2,1-3H3;5-6,8,13H,3-4,7H2,1-2H3;3-5,10-11H,2H2,1H3;3H2,1-2H3. The molecule has 52 heavy (non-hydrogen) atoms. The van der Waals surface area contributed by atoms with Gasteiger partial charge in [0.15, 0.2) is 34.5 Å². The van der Waals surface area contributed by atoms with E-state index in [9.17, 15) is 19.5 Å². The Balaban J connectivity index is 0.000000736. The van der Waals surface area contributed by atoms with Crippen LogP contribution in [0.2, 0.25) is 0 Å². The summed E-state index contributed by atoms with van der Waals surface area (Å²) in [7, 11) is 1.60. The second-order valence-corrected chi connectivity index (χ2v) is 10.5. The van der Waals surface area contributed by atoms with Crippen LogP contribution in [-0.4, -0.2) is 86.6 Å². The van der Waals surface area contributed by atoms with Gasteiger partial charge in [-0.2, -0.15) is 0 Å². The first-order valence-electron chi connectivity index (χ1n) is 17.4. The number of esters is 3. The lowest BCUT2D eigenvalue weighted by Gasteiger charge is -2.13. The predicted octanol–water partition coefficient (Wildman–Crippen LogP) is 7.73. The minimum absolute atomic E-state index is 0.0426. The van der Waals surface area contributed by atoms with Crippen molar-refractivity contribution in [3.63, 3.8) is 0 Å². The van der Waals surface area contributed by atoms with Gasteiger partial charge in [0.2, 0.25) is 0 Å². The van der Waals surface area contributed by atoms with Crippen LogP contribution >= 0.6 is 0 Å². The molecular weight excluding hydrogens is 676 g/mol. The Morgan fingerprint density at radius 1 is 0.481 bits per heavy atom. The average molecular weight is 733 g/mol. The molecule has 3 aromatic rings. The molecule has 0 heterocycles. The van der Waals surface area contributed by atoms with E-state index in [0.717, 1.165) is 18.9 Å². The van der Waals surface area contributed by atoms with E-state index in [2.05, 4.69) is 13.8 Å². The molecule has 3 rings (SSSR count). The van der Waals surface area contributed by atoms with E-state index in [-0.39, 0.29) is 35.4 Å². The first kappa shape index (κ1) is 46.8. The van der Waals surface area contributed by atoms with Crippen LogP contribution in [0.1, 0.15) is 98.8 Å². The smallest absolute Gasteiger partial charge is 0.338 e. The molecule has 13 heteroatoms. The zero-order chi connectivity index (χ0) is 39.3. The Morgan fingerprint density at radius 2 is 0.885 bits per heavy atom. The number of benzene rings is 3. The summed E-state index contributed by atoms with van der Waals surface area (Å²) < 4.78 is 35.9. The average Bonchev–Trinajstić information content (AvgIpc) is 3.13. The molecule has 0 aliphatic rings. The van der Waals surface area contributed by atoms with Crippen LogP contribution in [0.4, 0.5) is 0 Å². The van der Waals surface area contributed by atoms with Crippen molar-refractivity contribution in [2.45, 2.75) is 67.7 Å². The lowest BCUT2D eigenvalue weighted by molar-refractivity contribution is 0.0516. The maximum Gasteiger partial charge on any atom is 0.338 e. The Bertz CT molecular complexity index is 1460. The molecule has 0 aliphatic heterocycles. The molecule has 0 atom stereocenters. The minimum atomic E-state index is -0.516. The summed E-state index contributed by atoms with van der Waals surface area (Å²) in [6.07, 6.45) is 3.01. The zero-order valence-electron chi connectivity index (χ0n) is 31.7. The van der Waals surface area contributed by atoms with Crippen molar-refractivity contribution in [1.29, 1.82) is 0 Å². The fraction of sp³-hybridized carbons (Fsp3) is 0.462. The number of hydrogen-bond acceptors (Lipinski definition) is 13. The van der Waals surface area contributed by atoms with Gasteiger partial charge in [-0.15, -0.1) is 0 Å². The molecule has 0 aromatic heterocycles. The van der Waals surface area contributed by atoms with Crippen molar-refractivity contribution in [3.05, 3.63) is 71.3 Å². The van der Waals surface area contributed by atoms with Crippen LogP contribution < -0.4 is 14.2 Å². The van der Waals surface area contributed by atoms with E-state index in [1.165, 1.54) is 24.6 Å². The second-order valence-electron chi connectivity index (χ2n) is 10.5. The number of carbonyl (C=O) groups is 3. The summed E-state index contributed by atoms with van der Waals surface area (Å²) >= 11 is 0. The lowest BCUT2D eigenvalue weighted by Crippen LogP contribution is -2.09. The van der Waals surface area contributed by atoms with Gasteiger partial charge in [0, 0.05) is 7.11 Å². The molecule has 0 fully saturated rings. The molecule has 290 valence electrons. The van der Waals surface area contributed by atoms with Crippen LogP contribution in [0.3, 0.4) is 0 Å². The number of phenolic OH excluding ortho intramolecular Hbond substituents is 3. The third-order valence-electron chi connectivity index (χ3n) is 5.88. The molecule has 0 saturated carbocycles. The summed E-state index contributed by atoms with van der Waals surface area (Å²) in [5.41, 5.74) is 0.989. The Kier molecular flexibility index (Phi) is 25.7. The number of carbonyl (C=O) groups excluding carboxylic acids is 3. The van der Waals surface area contributed by atoms with E-state index < -0.39 is 11.9 Å². The number of aromatic hydroxyl groups is 3. The predicted molar refractivity (Wildman–Crippen MR) is 197 cm³/mol. The highest BCUT2D eigenvalue weighted by atomic mass is 16.5. The molecular formula is C39H56O13. The van der Waals surface area contributed by atoms with Gasteiger partial charge in [0.1, 0.15) is 6.61 Å². The summed E-state index contributed by atoms with van der Waals surface area (Å²) in [5.74, 6) is -0.423. The van der Waals surface area contributed by atoms with Crippen molar-refractivity contribution < 1.29 is 62.9 Å². The Morgan fingerprint density at radius 3 is 1.31 bits per heavy atom. The molecule has 13 nitrogen and oxygen atoms in total. The van der Waals surface area contributed by atoms with Gasteiger partial charge < -0.3 is 48.5 Å². The molecule has 0 radical (unpaired) electrons. The SMILES string of the molecule is CCC.CCCOc1ccc(C(=O)OCC)cc1O.CCCOc1ccc(C(=O)OCC)cc1OCCOC.CCOC(=O)c1ccc(O)c(O)c1. The Labute approximate surface area is 307 Å². The van der Waals surface area contributed by atoms with Crippen LogP contribution in [0.15, 0.2) is 54.6 Å². The van der Waals surface area contributed by atoms with Gasteiger partial charge in [-0.05, 0) is 88.2 Å². The van der Waals surface area contributed by atoms with Crippen LogP contribution in [0, 0.1) is 0 Å². The van der Waals surface area contributed by atoms with Crippen LogP contribution in [-0.2, 0) is 18.9 Å². The maximum atomic E-state index is 11.7. The molecule has 0 aliphatic carbocycles. The van der Waals surface area contributed by atoms with E-state index in [1.807, 2.05) is 13.8 Å². The van der Waals surface area contributed by atoms with Crippen LogP contribution in [0.25, 0.3) is 0 Å². The highest BCUT2D eigenvalue weighted by molar-refractivity contribution is 5.91. The summed E-state index contributed by atoms with van der Waals surface area (Å²) in [4.78, 5) is 34.2. The Hall–Kier alpha value is -5.17. The summed E-state index contributed by atoms with van der Waals surface area (Å²) in [5, 5.41) is 27.6. The van der Waals surface area contributed by atoms with Gasteiger partial charge in [-0.25, -0.2) is 14.4 Å². The quantitative estimate of drug-likeness (QED) is 0.0565. The molecule has 0 saturated heterocycles. The minimum Gasteiger partial charge on any atom is -0.504 e. The van der Waals surface area contributed by atoms with E-state index in [4.69, 9.17) is 43.4 Å². The normalized spacial score (nSPS) is 9.69. The number of rotatable bonds is 16. The molecule has 0 spiro atoms. The first-order chi connectivity index (χ1) is 25.0. The topological polar surface area (TPSA) is 177 Å². The van der Waals surface area contributed by atoms with E-state index in [1.54, 1.807) is 58.2 Å². The van der Waals surface area contributed by atoms with Crippen LogP contribution in [0.5, 0.6) is 34.5 Å². The largest absolute Gasteiger partial charge is 0.504 e. The number of ether oxygens (including phenoxy) is 7. The molecule has 0 bridgehead atoms. The number of methoxy groups -OCH3 is 1. The molecule has 3 aromatic carbocycles. The fourth-order valence-corrected chi connectivity index (χ4v) is 3.59. The molecule has 3 N–H and O–H groups in total. The second kappa shape index (κ2) is 28.5. The van der Waals surface area contributed by atoms with Crippen molar-refractivity contribution in [2.24, 2.45) is 0 Å². The van der Waals surface area contributed by atoms with Crippen molar-refractivity contribution >= 4 is 17.9 Å². The van der Waals surface area contributed by atoms with E-state index >= 15 is 0 Å². The van der Waals surface area contributed by atoms with Crippen molar-refractivity contribution in [3.8, 4) is 34.5 Å².